The van der Waals surface area contributed by atoms with Gasteiger partial charge in [-0.3, -0.25) is 0 Å². The molecule has 6 heteroatoms. The summed E-state index contributed by atoms with van der Waals surface area (Å²) in [5.41, 5.74) is 5.56. The van der Waals surface area contributed by atoms with Crippen molar-refractivity contribution in [1.29, 1.82) is 0 Å². The van der Waals surface area contributed by atoms with Crippen LogP contribution in [0, 0.1) is 0 Å². The van der Waals surface area contributed by atoms with Crippen LogP contribution in [0.3, 0.4) is 0 Å². The summed E-state index contributed by atoms with van der Waals surface area (Å²) in [6, 6.07) is 0.678. The van der Waals surface area contributed by atoms with Crippen molar-refractivity contribution in [2.45, 2.75) is 25.9 Å². The van der Waals surface area contributed by atoms with E-state index in [4.69, 9.17) is 10.5 Å². The van der Waals surface area contributed by atoms with Gasteiger partial charge in [-0.25, -0.2) is 0 Å². The summed E-state index contributed by atoms with van der Waals surface area (Å²) in [5, 5.41) is 9.29. The van der Waals surface area contributed by atoms with Gasteiger partial charge in [0.05, 0.1) is 25.3 Å². The van der Waals surface area contributed by atoms with Crippen LogP contribution in [0.1, 0.15) is 13.8 Å². The molecule has 0 amide bonds. The second-order valence-electron chi connectivity index (χ2n) is 3.57. The van der Waals surface area contributed by atoms with Crippen LogP contribution in [-0.2, 0) is 4.74 Å². The molecule has 2 atom stereocenters. The Labute approximate surface area is 86.9 Å². The molecule has 0 spiro atoms. The van der Waals surface area contributed by atoms with E-state index in [1.807, 2.05) is 0 Å². The molecule has 0 bridgehead atoms. The molecular formula is C8H14N4OS. The molecule has 0 radical (unpaired) electrons. The molecule has 78 valence electrons. The summed E-state index contributed by atoms with van der Waals surface area (Å²) >= 11 is 1.43. The molecule has 1 aliphatic heterocycles. The lowest BCUT2D eigenvalue weighted by Crippen LogP contribution is -2.49. The molecule has 2 heterocycles. The Hall–Kier alpha value is -0.880. The van der Waals surface area contributed by atoms with Crippen molar-refractivity contribution < 1.29 is 4.74 Å². The first-order valence-electron chi connectivity index (χ1n) is 4.63. The molecule has 1 saturated heterocycles. The zero-order valence-corrected chi connectivity index (χ0v) is 9.12. The smallest absolute Gasteiger partial charge is 0.210 e. The fourth-order valence-electron chi connectivity index (χ4n) is 1.71. The van der Waals surface area contributed by atoms with Crippen LogP contribution in [0.25, 0.3) is 0 Å². The van der Waals surface area contributed by atoms with Gasteiger partial charge in [0.1, 0.15) is 0 Å². The number of anilines is 2. The average molecular weight is 214 g/mol. The Kier molecular flexibility index (Phi) is 2.56. The molecule has 14 heavy (non-hydrogen) atoms. The summed E-state index contributed by atoms with van der Waals surface area (Å²) < 4.78 is 5.44. The first-order chi connectivity index (χ1) is 6.68. The molecule has 2 rings (SSSR count). The minimum absolute atomic E-state index is 0.339. The zero-order valence-electron chi connectivity index (χ0n) is 8.30. The van der Waals surface area contributed by atoms with Crippen LogP contribution in [0.15, 0.2) is 0 Å². The summed E-state index contributed by atoms with van der Waals surface area (Å²) in [6.07, 6.45) is 0. The van der Waals surface area contributed by atoms with Crippen molar-refractivity contribution >= 4 is 21.6 Å². The maximum absolute atomic E-state index is 5.56. The van der Waals surface area contributed by atoms with E-state index in [-0.39, 0.29) is 0 Å². The molecular weight excluding hydrogens is 200 g/mol. The third kappa shape index (κ3) is 1.67. The molecule has 0 aromatic carbocycles. The van der Waals surface area contributed by atoms with Gasteiger partial charge in [-0.05, 0) is 13.8 Å². The Morgan fingerprint density at radius 2 is 2.00 bits per heavy atom. The van der Waals surface area contributed by atoms with Crippen molar-refractivity contribution in [3.8, 4) is 0 Å². The van der Waals surface area contributed by atoms with E-state index in [1.54, 1.807) is 0 Å². The normalized spacial score (nSPS) is 28.0. The van der Waals surface area contributed by atoms with Gasteiger partial charge in [0.25, 0.3) is 0 Å². The second kappa shape index (κ2) is 3.70. The molecule has 2 N–H and O–H groups in total. The van der Waals surface area contributed by atoms with Crippen molar-refractivity contribution in [3.63, 3.8) is 0 Å². The highest BCUT2D eigenvalue weighted by atomic mass is 32.1. The quantitative estimate of drug-likeness (QED) is 0.746. The summed E-state index contributed by atoms with van der Waals surface area (Å²) in [7, 11) is 0. The van der Waals surface area contributed by atoms with Gasteiger partial charge in [0.15, 0.2) is 0 Å². The molecule has 1 aromatic rings. The van der Waals surface area contributed by atoms with Crippen molar-refractivity contribution in [2.75, 3.05) is 23.8 Å². The van der Waals surface area contributed by atoms with Gasteiger partial charge in [0, 0.05) is 0 Å². The van der Waals surface area contributed by atoms with Gasteiger partial charge in [0.2, 0.25) is 10.3 Å². The highest BCUT2D eigenvalue weighted by Gasteiger charge is 2.27. The Morgan fingerprint density at radius 3 is 2.50 bits per heavy atom. The summed E-state index contributed by atoms with van der Waals surface area (Å²) in [4.78, 5) is 2.22. The van der Waals surface area contributed by atoms with Crippen LogP contribution < -0.4 is 10.6 Å². The molecule has 1 aliphatic rings. The molecule has 1 fully saturated rings. The van der Waals surface area contributed by atoms with E-state index in [0.717, 1.165) is 18.3 Å². The van der Waals surface area contributed by atoms with Crippen LogP contribution in [0.5, 0.6) is 0 Å². The van der Waals surface area contributed by atoms with Crippen molar-refractivity contribution in [1.82, 2.24) is 10.2 Å². The largest absolute Gasteiger partial charge is 0.377 e. The van der Waals surface area contributed by atoms with Crippen molar-refractivity contribution in [2.24, 2.45) is 0 Å². The van der Waals surface area contributed by atoms with Gasteiger partial charge in [-0.1, -0.05) is 11.3 Å². The summed E-state index contributed by atoms with van der Waals surface area (Å²) in [6.45, 7) is 5.72. The first-order valence-corrected chi connectivity index (χ1v) is 5.45. The minimum Gasteiger partial charge on any atom is -0.377 e. The second-order valence-corrected chi connectivity index (χ2v) is 4.55. The van der Waals surface area contributed by atoms with E-state index in [0.29, 0.717) is 17.2 Å². The number of ether oxygens (including phenoxy) is 1. The van der Waals surface area contributed by atoms with E-state index in [9.17, 15) is 0 Å². The maximum Gasteiger partial charge on any atom is 0.210 e. The Morgan fingerprint density at radius 1 is 1.36 bits per heavy atom. The fourth-order valence-corrected chi connectivity index (χ4v) is 2.53. The van der Waals surface area contributed by atoms with E-state index in [1.165, 1.54) is 11.3 Å². The van der Waals surface area contributed by atoms with Gasteiger partial charge >= 0.3 is 0 Å². The zero-order chi connectivity index (χ0) is 10.1. The molecule has 5 nitrogen and oxygen atoms in total. The van der Waals surface area contributed by atoms with Gasteiger partial charge in [-0.2, -0.15) is 0 Å². The number of rotatable bonds is 1. The van der Waals surface area contributed by atoms with Gasteiger partial charge in [-0.15, -0.1) is 10.2 Å². The minimum atomic E-state index is 0.339. The first kappa shape index (κ1) is 9.67. The highest BCUT2D eigenvalue weighted by molar-refractivity contribution is 7.18. The number of nitrogen functional groups attached to an aromatic ring is 1. The fraction of sp³-hybridized carbons (Fsp3) is 0.750. The molecule has 0 aliphatic carbocycles. The lowest BCUT2D eigenvalue weighted by Gasteiger charge is -2.38. The van der Waals surface area contributed by atoms with Gasteiger partial charge < -0.3 is 15.4 Å². The molecule has 0 saturated carbocycles. The Bertz CT molecular complexity index is 306. The monoisotopic (exact) mass is 214 g/mol. The van der Waals surface area contributed by atoms with Crippen LogP contribution in [0.4, 0.5) is 10.3 Å². The standard InChI is InChI=1S/C8H14N4OS/c1-5-3-13-4-6(2)12(5)8-11-10-7(9)14-8/h5-6H,3-4H2,1-2H3,(H2,9,10)/t5-,6+. The number of aromatic nitrogens is 2. The van der Waals surface area contributed by atoms with E-state index >= 15 is 0 Å². The number of hydrogen-bond acceptors (Lipinski definition) is 6. The molecule has 1 aromatic heterocycles. The van der Waals surface area contributed by atoms with Crippen LogP contribution in [-0.4, -0.2) is 35.5 Å². The average Bonchev–Trinajstić information content (AvgIpc) is 2.51. The van der Waals surface area contributed by atoms with E-state index < -0.39 is 0 Å². The number of nitrogens with zero attached hydrogens (tertiary/aromatic N) is 3. The predicted molar refractivity (Wildman–Crippen MR) is 56.5 cm³/mol. The van der Waals surface area contributed by atoms with Crippen molar-refractivity contribution in [3.05, 3.63) is 0 Å². The highest BCUT2D eigenvalue weighted by Crippen LogP contribution is 2.27. The molecule has 0 unspecified atom stereocenters. The number of hydrogen-bond donors (Lipinski definition) is 1. The number of morpholine rings is 1. The predicted octanol–water partition coefficient (Wildman–Crippen LogP) is 0.734. The van der Waals surface area contributed by atoms with E-state index in [2.05, 4.69) is 28.9 Å². The van der Waals surface area contributed by atoms with Crippen LogP contribution >= 0.6 is 11.3 Å². The Balaban J connectivity index is 2.22. The maximum atomic E-state index is 5.56. The summed E-state index contributed by atoms with van der Waals surface area (Å²) in [5.74, 6) is 0. The third-order valence-corrected chi connectivity index (χ3v) is 3.08. The SMILES string of the molecule is C[C@@H]1COC[C@H](C)N1c1nnc(N)s1. The van der Waals surface area contributed by atoms with Crippen LogP contribution in [0.2, 0.25) is 0 Å². The number of nitrogens with two attached hydrogens (primary N) is 1. The third-order valence-electron chi connectivity index (χ3n) is 2.32. The topological polar surface area (TPSA) is 64.3 Å². The lowest BCUT2D eigenvalue weighted by molar-refractivity contribution is 0.0756. The lowest BCUT2D eigenvalue weighted by atomic mass is 10.2.